The zero-order chi connectivity index (χ0) is 10.9. The largest absolute Gasteiger partial charge is 0.495 e. The Kier molecular flexibility index (Phi) is 3.26. The van der Waals surface area contributed by atoms with E-state index in [1.54, 1.807) is 0 Å². The van der Waals surface area contributed by atoms with Crippen molar-refractivity contribution in [3.8, 4) is 5.75 Å². The highest BCUT2D eigenvalue weighted by molar-refractivity contribution is 7.89. The molecule has 0 atom stereocenters. The molecule has 4 nitrogen and oxygen atoms in total. The average molecular weight is 256 g/mol. The van der Waals surface area contributed by atoms with E-state index >= 15 is 0 Å². The van der Waals surface area contributed by atoms with E-state index in [2.05, 4.69) is 0 Å². The third kappa shape index (κ3) is 2.12. The molecule has 0 aliphatic rings. The lowest BCUT2D eigenvalue weighted by Gasteiger charge is -2.07. The van der Waals surface area contributed by atoms with Crippen LogP contribution >= 0.6 is 23.2 Å². The number of halogens is 2. The predicted octanol–water partition coefficient (Wildman–Crippen LogP) is 1.65. The van der Waals surface area contributed by atoms with Crippen LogP contribution in [-0.2, 0) is 10.0 Å². The molecule has 0 heterocycles. The van der Waals surface area contributed by atoms with E-state index in [1.165, 1.54) is 19.2 Å². The summed E-state index contributed by atoms with van der Waals surface area (Å²) in [4.78, 5) is -0.218. The number of hydrogen-bond acceptors (Lipinski definition) is 3. The maximum atomic E-state index is 11.0. The van der Waals surface area contributed by atoms with Gasteiger partial charge in [-0.15, -0.1) is 0 Å². The fourth-order valence-electron chi connectivity index (χ4n) is 0.891. The van der Waals surface area contributed by atoms with E-state index in [4.69, 9.17) is 33.1 Å². The summed E-state index contributed by atoms with van der Waals surface area (Å²) >= 11 is 11.4. The van der Waals surface area contributed by atoms with Crippen LogP contribution in [0, 0.1) is 0 Å². The Morgan fingerprint density at radius 2 is 1.86 bits per heavy atom. The molecule has 0 fully saturated rings. The Bertz CT molecular complexity index is 458. The number of benzene rings is 1. The van der Waals surface area contributed by atoms with Crippen LogP contribution in [0.15, 0.2) is 17.0 Å². The van der Waals surface area contributed by atoms with Gasteiger partial charge in [-0.1, -0.05) is 23.2 Å². The topological polar surface area (TPSA) is 69.4 Å². The van der Waals surface area contributed by atoms with Gasteiger partial charge in [0.2, 0.25) is 10.0 Å². The lowest BCUT2D eigenvalue weighted by Crippen LogP contribution is -2.12. The second kappa shape index (κ2) is 3.94. The highest BCUT2D eigenvalue weighted by atomic mass is 35.5. The molecule has 0 aromatic heterocycles. The summed E-state index contributed by atoms with van der Waals surface area (Å²) in [7, 11) is -2.46. The molecule has 14 heavy (non-hydrogen) atoms. The molecule has 0 bridgehead atoms. The molecular formula is C7H7Cl2NO3S. The molecule has 0 spiro atoms. The van der Waals surface area contributed by atoms with Crippen LogP contribution in [0.2, 0.25) is 10.0 Å². The summed E-state index contributed by atoms with van der Waals surface area (Å²) in [5.74, 6) is 0.295. The predicted molar refractivity (Wildman–Crippen MR) is 54.4 cm³/mol. The zero-order valence-electron chi connectivity index (χ0n) is 7.12. The van der Waals surface area contributed by atoms with Gasteiger partial charge in [-0.2, -0.15) is 0 Å². The highest BCUT2D eigenvalue weighted by Gasteiger charge is 2.17. The second-order valence-corrected chi connectivity index (χ2v) is 4.72. The summed E-state index contributed by atoms with van der Waals surface area (Å²) in [6.07, 6.45) is 0. The number of methoxy groups -OCH3 is 1. The van der Waals surface area contributed by atoms with Crippen molar-refractivity contribution in [1.29, 1.82) is 0 Å². The van der Waals surface area contributed by atoms with Crippen LogP contribution < -0.4 is 9.88 Å². The zero-order valence-corrected chi connectivity index (χ0v) is 9.45. The standard InChI is InChI=1S/C7H7Cl2NO3S/c1-13-4-2-3-5(14(10,11)12)7(9)6(4)8/h2-3H,1H3,(H2,10,11,12). The SMILES string of the molecule is COc1ccc(S(N)(=O)=O)c(Cl)c1Cl. The molecular weight excluding hydrogens is 249 g/mol. The van der Waals surface area contributed by atoms with E-state index in [1.807, 2.05) is 0 Å². The Balaban J connectivity index is 3.47. The maximum absolute atomic E-state index is 11.0. The van der Waals surface area contributed by atoms with Crippen molar-refractivity contribution in [2.24, 2.45) is 5.14 Å². The molecule has 1 aromatic rings. The van der Waals surface area contributed by atoms with Gasteiger partial charge in [-0.25, -0.2) is 13.6 Å². The monoisotopic (exact) mass is 255 g/mol. The van der Waals surface area contributed by atoms with Crippen LogP contribution in [0.1, 0.15) is 0 Å². The minimum Gasteiger partial charge on any atom is -0.495 e. The first kappa shape index (κ1) is 11.6. The van der Waals surface area contributed by atoms with Gasteiger partial charge in [0, 0.05) is 0 Å². The maximum Gasteiger partial charge on any atom is 0.239 e. The van der Waals surface area contributed by atoms with Crippen molar-refractivity contribution in [2.45, 2.75) is 4.90 Å². The van der Waals surface area contributed by atoms with E-state index < -0.39 is 10.0 Å². The molecule has 7 heteroatoms. The van der Waals surface area contributed by atoms with Gasteiger partial charge in [-0.05, 0) is 12.1 Å². The molecule has 2 N–H and O–H groups in total. The molecule has 0 unspecified atom stereocenters. The molecule has 1 rings (SSSR count). The highest BCUT2D eigenvalue weighted by Crippen LogP contribution is 2.35. The molecule has 78 valence electrons. The van der Waals surface area contributed by atoms with E-state index in [-0.39, 0.29) is 14.9 Å². The van der Waals surface area contributed by atoms with Crippen molar-refractivity contribution in [3.63, 3.8) is 0 Å². The van der Waals surface area contributed by atoms with Gasteiger partial charge >= 0.3 is 0 Å². The second-order valence-electron chi connectivity index (χ2n) is 2.44. The van der Waals surface area contributed by atoms with Crippen LogP contribution in [-0.4, -0.2) is 15.5 Å². The summed E-state index contributed by atoms with van der Waals surface area (Å²) in [5.41, 5.74) is 0. The van der Waals surface area contributed by atoms with Crippen LogP contribution in [0.25, 0.3) is 0 Å². The minimum atomic E-state index is -3.85. The first-order chi connectivity index (χ1) is 6.38. The first-order valence-corrected chi connectivity index (χ1v) is 5.73. The molecule has 0 saturated heterocycles. The van der Waals surface area contributed by atoms with Crippen molar-refractivity contribution in [3.05, 3.63) is 22.2 Å². The number of nitrogens with two attached hydrogens (primary N) is 1. The van der Waals surface area contributed by atoms with Crippen molar-refractivity contribution in [2.75, 3.05) is 7.11 Å². The van der Waals surface area contributed by atoms with Gasteiger partial charge in [0.05, 0.1) is 12.1 Å². The third-order valence-electron chi connectivity index (χ3n) is 1.54. The Morgan fingerprint density at radius 3 is 2.29 bits per heavy atom. The van der Waals surface area contributed by atoms with Gasteiger partial charge in [-0.3, -0.25) is 0 Å². The van der Waals surface area contributed by atoms with Crippen molar-refractivity contribution < 1.29 is 13.2 Å². The molecule has 1 aromatic carbocycles. The molecule has 0 radical (unpaired) electrons. The number of hydrogen-bond donors (Lipinski definition) is 1. The number of sulfonamides is 1. The lowest BCUT2D eigenvalue weighted by molar-refractivity contribution is 0.414. The third-order valence-corrected chi connectivity index (χ3v) is 3.47. The summed E-state index contributed by atoms with van der Waals surface area (Å²) in [6, 6.07) is 2.62. The van der Waals surface area contributed by atoms with E-state index in [9.17, 15) is 8.42 Å². The van der Waals surface area contributed by atoms with Crippen molar-refractivity contribution in [1.82, 2.24) is 0 Å². The fraction of sp³-hybridized carbons (Fsp3) is 0.143. The smallest absolute Gasteiger partial charge is 0.239 e. The van der Waals surface area contributed by atoms with Gasteiger partial charge in [0.1, 0.15) is 15.7 Å². The van der Waals surface area contributed by atoms with Gasteiger partial charge in [0.25, 0.3) is 0 Å². The number of ether oxygens (including phenoxy) is 1. The molecule has 0 saturated carbocycles. The lowest BCUT2D eigenvalue weighted by atomic mass is 10.3. The molecule has 0 aliphatic heterocycles. The van der Waals surface area contributed by atoms with Gasteiger partial charge < -0.3 is 4.74 Å². The Labute approximate surface area is 91.6 Å². The molecule has 0 amide bonds. The first-order valence-electron chi connectivity index (χ1n) is 3.42. The van der Waals surface area contributed by atoms with Crippen LogP contribution in [0.3, 0.4) is 0 Å². The summed E-state index contributed by atoms with van der Waals surface area (Å²) < 4.78 is 26.8. The van der Waals surface area contributed by atoms with Crippen molar-refractivity contribution >= 4 is 33.2 Å². The Hall–Kier alpha value is -0.490. The normalized spacial score (nSPS) is 11.4. The summed E-state index contributed by atoms with van der Waals surface area (Å²) in [5, 5.41) is 4.80. The summed E-state index contributed by atoms with van der Waals surface area (Å²) in [6.45, 7) is 0. The number of rotatable bonds is 2. The van der Waals surface area contributed by atoms with E-state index in [0.717, 1.165) is 0 Å². The molecule has 0 aliphatic carbocycles. The van der Waals surface area contributed by atoms with Gasteiger partial charge in [0.15, 0.2) is 0 Å². The van der Waals surface area contributed by atoms with E-state index in [0.29, 0.717) is 5.75 Å². The average Bonchev–Trinajstić information content (AvgIpc) is 2.07. The number of primary sulfonamides is 1. The van der Waals surface area contributed by atoms with Crippen LogP contribution in [0.4, 0.5) is 0 Å². The van der Waals surface area contributed by atoms with Crippen LogP contribution in [0.5, 0.6) is 5.75 Å². The fourth-order valence-corrected chi connectivity index (χ4v) is 2.28. The minimum absolute atomic E-state index is 0.0284. The quantitative estimate of drug-likeness (QED) is 0.874. The Morgan fingerprint density at radius 1 is 1.29 bits per heavy atom.